The van der Waals surface area contributed by atoms with E-state index in [4.69, 9.17) is 9.47 Å². The van der Waals surface area contributed by atoms with Crippen LogP contribution in [0.15, 0.2) is 0 Å². The minimum atomic E-state index is -0.476. The van der Waals surface area contributed by atoms with E-state index in [1.807, 2.05) is 0 Å². The first-order valence-corrected chi connectivity index (χ1v) is 10.4. The van der Waals surface area contributed by atoms with E-state index in [9.17, 15) is 9.59 Å². The maximum absolute atomic E-state index is 13.6. The Morgan fingerprint density at radius 3 is 2.46 bits per heavy atom. The Hall–Kier alpha value is -1.06. The fourth-order valence-electron chi connectivity index (χ4n) is 6.40. The summed E-state index contributed by atoms with van der Waals surface area (Å²) in [7, 11) is 0. The van der Waals surface area contributed by atoms with Gasteiger partial charge in [-0.3, -0.25) is 9.59 Å². The molecule has 26 heavy (non-hydrogen) atoms. The van der Waals surface area contributed by atoms with Crippen LogP contribution in [0.2, 0.25) is 0 Å². The van der Waals surface area contributed by atoms with Crippen molar-refractivity contribution in [1.82, 2.24) is 0 Å². The lowest BCUT2D eigenvalue weighted by molar-refractivity contribution is -0.209. The van der Waals surface area contributed by atoms with E-state index in [1.54, 1.807) is 0 Å². The predicted molar refractivity (Wildman–Crippen MR) is 98.3 cm³/mol. The molecule has 0 aromatic rings. The summed E-state index contributed by atoms with van der Waals surface area (Å²) in [6.07, 6.45) is 6.91. The van der Waals surface area contributed by atoms with Crippen LogP contribution >= 0.6 is 0 Å². The molecule has 146 valence electrons. The van der Waals surface area contributed by atoms with Crippen LogP contribution in [-0.4, -0.2) is 23.6 Å². The average molecular weight is 363 g/mol. The number of ether oxygens (including phenoxy) is 2. The molecule has 5 fully saturated rings. The van der Waals surface area contributed by atoms with Crippen molar-refractivity contribution >= 4 is 11.9 Å². The van der Waals surface area contributed by atoms with E-state index in [-0.39, 0.29) is 34.8 Å². The summed E-state index contributed by atoms with van der Waals surface area (Å²) >= 11 is 0. The van der Waals surface area contributed by atoms with E-state index in [1.165, 1.54) is 0 Å². The fraction of sp³-hybridized carbons (Fsp3) is 0.909. The molecule has 5 atom stereocenters. The Morgan fingerprint density at radius 1 is 1.15 bits per heavy atom. The van der Waals surface area contributed by atoms with Gasteiger partial charge in [0.25, 0.3) is 0 Å². The van der Waals surface area contributed by atoms with E-state index in [0.717, 1.165) is 38.5 Å². The summed E-state index contributed by atoms with van der Waals surface area (Å²) in [5, 5.41) is 0. The molecule has 0 aromatic heterocycles. The lowest BCUT2D eigenvalue weighted by atomic mass is 9.47. The van der Waals surface area contributed by atoms with Crippen molar-refractivity contribution in [2.45, 2.75) is 97.7 Å². The highest BCUT2D eigenvalue weighted by atomic mass is 16.6. The Bertz CT molecular complexity index is 631. The minimum absolute atomic E-state index is 0.0157. The number of carbonyl (C=O) groups excluding carboxylic acids is 2. The van der Waals surface area contributed by atoms with Gasteiger partial charge in [0.2, 0.25) is 0 Å². The van der Waals surface area contributed by atoms with E-state index in [0.29, 0.717) is 18.8 Å². The quantitative estimate of drug-likeness (QED) is 0.686. The maximum Gasteiger partial charge on any atom is 0.313 e. The summed E-state index contributed by atoms with van der Waals surface area (Å²) in [4.78, 5) is 25.9. The summed E-state index contributed by atoms with van der Waals surface area (Å²) in [5.41, 5.74) is -0.819. The van der Waals surface area contributed by atoms with Crippen molar-refractivity contribution in [3.05, 3.63) is 0 Å². The van der Waals surface area contributed by atoms with Gasteiger partial charge in [0.05, 0.1) is 11.3 Å². The second-order valence-electron chi connectivity index (χ2n) is 11.5. The van der Waals surface area contributed by atoms with Gasteiger partial charge in [-0.05, 0) is 55.3 Å². The average Bonchev–Trinajstić information content (AvgIpc) is 2.64. The molecule has 2 aliphatic heterocycles. The zero-order valence-corrected chi connectivity index (χ0v) is 17.0. The first-order chi connectivity index (χ1) is 11.9. The predicted octanol–water partition coefficient (Wildman–Crippen LogP) is 4.65. The molecule has 4 bridgehead atoms. The zero-order chi connectivity index (χ0) is 19.0. The van der Waals surface area contributed by atoms with Gasteiger partial charge in [-0.15, -0.1) is 0 Å². The summed E-state index contributed by atoms with van der Waals surface area (Å²) in [6.45, 7) is 11.0. The summed E-state index contributed by atoms with van der Waals surface area (Å²) in [5.74, 6) is 0.295. The lowest BCUT2D eigenvalue weighted by Crippen LogP contribution is -2.58. The van der Waals surface area contributed by atoms with Crippen LogP contribution in [0.3, 0.4) is 0 Å². The van der Waals surface area contributed by atoms with Gasteiger partial charge in [-0.25, -0.2) is 0 Å². The Kier molecular flexibility index (Phi) is 3.86. The smallest absolute Gasteiger partial charge is 0.313 e. The van der Waals surface area contributed by atoms with Crippen LogP contribution in [0.25, 0.3) is 0 Å². The highest BCUT2D eigenvalue weighted by molar-refractivity contribution is 5.80. The summed E-state index contributed by atoms with van der Waals surface area (Å²) < 4.78 is 12.1. The van der Waals surface area contributed by atoms with Gasteiger partial charge in [0.1, 0.15) is 11.7 Å². The van der Waals surface area contributed by atoms with Crippen molar-refractivity contribution in [3.8, 4) is 0 Å². The van der Waals surface area contributed by atoms with Gasteiger partial charge >= 0.3 is 11.9 Å². The minimum Gasteiger partial charge on any atom is -0.462 e. The highest BCUT2D eigenvalue weighted by Crippen LogP contribution is 2.63. The summed E-state index contributed by atoms with van der Waals surface area (Å²) in [6, 6.07) is 0. The molecule has 3 aliphatic carbocycles. The zero-order valence-electron chi connectivity index (χ0n) is 17.0. The molecule has 3 saturated carbocycles. The molecular formula is C22H34O4. The van der Waals surface area contributed by atoms with Crippen LogP contribution in [0.4, 0.5) is 0 Å². The lowest BCUT2D eigenvalue weighted by Gasteiger charge is -2.58. The molecule has 0 spiro atoms. The molecular weight excluding hydrogens is 328 g/mol. The number of fused-ring (bicyclic) bond motifs is 1. The molecule has 4 nitrogen and oxygen atoms in total. The van der Waals surface area contributed by atoms with Gasteiger partial charge in [-0.2, -0.15) is 0 Å². The van der Waals surface area contributed by atoms with E-state index < -0.39 is 11.0 Å². The van der Waals surface area contributed by atoms with Crippen molar-refractivity contribution < 1.29 is 19.1 Å². The second-order valence-corrected chi connectivity index (χ2v) is 11.5. The van der Waals surface area contributed by atoms with Gasteiger partial charge < -0.3 is 9.47 Å². The van der Waals surface area contributed by atoms with Crippen molar-refractivity contribution in [1.29, 1.82) is 0 Å². The molecule has 2 saturated heterocycles. The molecule has 0 amide bonds. The Balaban J connectivity index is 1.60. The molecule has 0 radical (unpaired) electrons. The molecule has 5 aliphatic rings. The molecule has 5 unspecified atom stereocenters. The largest absolute Gasteiger partial charge is 0.462 e. The Morgan fingerprint density at radius 2 is 1.88 bits per heavy atom. The van der Waals surface area contributed by atoms with Crippen LogP contribution < -0.4 is 0 Å². The first kappa shape index (κ1) is 18.3. The van der Waals surface area contributed by atoms with Gasteiger partial charge in [-0.1, -0.05) is 34.6 Å². The third-order valence-corrected chi connectivity index (χ3v) is 7.71. The number of rotatable bonds is 3. The number of hydrogen-bond acceptors (Lipinski definition) is 4. The fourth-order valence-corrected chi connectivity index (χ4v) is 6.40. The highest BCUT2D eigenvalue weighted by Gasteiger charge is 2.63. The van der Waals surface area contributed by atoms with E-state index in [2.05, 4.69) is 34.6 Å². The monoisotopic (exact) mass is 362 g/mol. The topological polar surface area (TPSA) is 52.6 Å². The second kappa shape index (κ2) is 5.48. The molecule has 0 N–H and O–H groups in total. The normalized spacial score (nSPS) is 43.4. The van der Waals surface area contributed by atoms with Crippen LogP contribution in [0, 0.1) is 28.1 Å². The SMILES string of the molecule is CC(C)(C)CC1(C(=O)OC23CC4CC(C2)OC(=O)C(C4)C3)CCC1(C)C. The van der Waals surface area contributed by atoms with Crippen molar-refractivity contribution in [2.75, 3.05) is 0 Å². The van der Waals surface area contributed by atoms with Crippen LogP contribution in [0.5, 0.6) is 0 Å². The van der Waals surface area contributed by atoms with E-state index >= 15 is 0 Å². The number of carbonyl (C=O) groups is 2. The van der Waals surface area contributed by atoms with Crippen molar-refractivity contribution in [3.63, 3.8) is 0 Å². The van der Waals surface area contributed by atoms with Crippen molar-refractivity contribution in [2.24, 2.45) is 28.1 Å². The third-order valence-electron chi connectivity index (χ3n) is 7.71. The standard InChI is InChI=1S/C22H34O4/c1-19(2,3)13-22(7-6-20(22,4)5)18(24)26-21-10-14-8-15(11-21)17(23)25-16(9-14)12-21/h14-16H,6-13H2,1-5H3. The maximum atomic E-state index is 13.6. The van der Waals surface area contributed by atoms with Gasteiger partial charge in [0.15, 0.2) is 0 Å². The molecule has 4 heteroatoms. The third kappa shape index (κ3) is 2.79. The number of esters is 2. The molecule has 5 rings (SSSR count). The number of hydrogen-bond donors (Lipinski definition) is 0. The molecule has 0 aromatic carbocycles. The van der Waals surface area contributed by atoms with Gasteiger partial charge in [0, 0.05) is 12.8 Å². The van der Waals surface area contributed by atoms with Crippen LogP contribution in [0.1, 0.15) is 86.0 Å². The first-order valence-electron chi connectivity index (χ1n) is 10.4. The molecule has 2 heterocycles. The van der Waals surface area contributed by atoms with Crippen LogP contribution in [-0.2, 0) is 19.1 Å². The Labute approximate surface area is 157 Å².